The molecule has 2 N–H and O–H groups in total. The molecule has 4 nitrogen and oxygen atoms in total. The lowest BCUT2D eigenvalue weighted by Crippen LogP contribution is -2.33. The Morgan fingerprint density at radius 3 is 2.18 bits per heavy atom. The summed E-state index contributed by atoms with van der Waals surface area (Å²) in [6.45, 7) is 8.63. The Morgan fingerprint density at radius 2 is 1.71 bits per heavy atom. The number of carboxylic acids is 1. The summed E-state index contributed by atoms with van der Waals surface area (Å²) in [7, 11) is 0. The highest BCUT2D eigenvalue weighted by atomic mass is 16.4. The van der Waals surface area contributed by atoms with E-state index in [0.29, 0.717) is 24.8 Å². The fourth-order valence-corrected chi connectivity index (χ4v) is 1.42. The van der Waals surface area contributed by atoms with Crippen LogP contribution >= 0.6 is 0 Å². The zero-order chi connectivity index (χ0) is 13.4. The lowest BCUT2D eigenvalue weighted by atomic mass is 9.97. The van der Waals surface area contributed by atoms with Crippen molar-refractivity contribution in [1.29, 1.82) is 0 Å². The van der Waals surface area contributed by atoms with Crippen LogP contribution in [0.25, 0.3) is 0 Å². The molecule has 0 rings (SSSR count). The minimum absolute atomic E-state index is 0.0318. The van der Waals surface area contributed by atoms with E-state index in [-0.39, 0.29) is 18.2 Å². The smallest absolute Gasteiger partial charge is 0.303 e. The third kappa shape index (κ3) is 7.77. The zero-order valence-electron chi connectivity index (χ0n) is 11.3. The van der Waals surface area contributed by atoms with Gasteiger partial charge in [-0.05, 0) is 24.7 Å². The van der Waals surface area contributed by atoms with Crippen LogP contribution in [0.2, 0.25) is 0 Å². The van der Waals surface area contributed by atoms with Crippen molar-refractivity contribution in [1.82, 2.24) is 5.32 Å². The second kappa shape index (κ2) is 8.09. The standard InChI is InChI=1S/C13H25NO3/c1-9(2)11(4)13(17)14-8-7-10(3)5-6-12(15)16/h9-11H,5-8H2,1-4H3,(H,14,17)(H,15,16). The van der Waals surface area contributed by atoms with Gasteiger partial charge in [-0.2, -0.15) is 0 Å². The molecule has 0 heterocycles. The SMILES string of the molecule is CC(CCNC(=O)C(C)C(C)C)CCC(=O)O. The molecular weight excluding hydrogens is 218 g/mol. The van der Waals surface area contributed by atoms with Crippen molar-refractivity contribution in [3.8, 4) is 0 Å². The molecule has 0 aliphatic rings. The first kappa shape index (κ1) is 15.9. The van der Waals surface area contributed by atoms with Crippen molar-refractivity contribution in [2.75, 3.05) is 6.54 Å². The Hall–Kier alpha value is -1.06. The molecule has 0 aliphatic carbocycles. The molecule has 2 atom stereocenters. The average Bonchev–Trinajstić information content (AvgIpc) is 2.24. The maximum atomic E-state index is 11.6. The molecular formula is C13H25NO3. The molecule has 0 radical (unpaired) electrons. The summed E-state index contributed by atoms with van der Waals surface area (Å²) >= 11 is 0. The third-order valence-electron chi connectivity index (χ3n) is 3.20. The molecule has 0 fully saturated rings. The highest BCUT2D eigenvalue weighted by molar-refractivity contribution is 5.78. The molecule has 2 unspecified atom stereocenters. The Kier molecular flexibility index (Phi) is 7.59. The number of nitrogens with one attached hydrogen (secondary N) is 1. The summed E-state index contributed by atoms with van der Waals surface area (Å²) in [6.07, 6.45) is 1.71. The van der Waals surface area contributed by atoms with E-state index in [9.17, 15) is 9.59 Å². The molecule has 100 valence electrons. The zero-order valence-corrected chi connectivity index (χ0v) is 11.3. The topological polar surface area (TPSA) is 66.4 Å². The van der Waals surface area contributed by atoms with Crippen LogP contribution < -0.4 is 5.32 Å². The van der Waals surface area contributed by atoms with Gasteiger partial charge in [0.15, 0.2) is 0 Å². The van der Waals surface area contributed by atoms with E-state index in [4.69, 9.17) is 5.11 Å². The van der Waals surface area contributed by atoms with Crippen molar-refractivity contribution in [2.45, 2.75) is 47.0 Å². The first-order valence-corrected chi connectivity index (χ1v) is 6.34. The molecule has 0 saturated heterocycles. The van der Waals surface area contributed by atoms with Gasteiger partial charge in [0.1, 0.15) is 0 Å². The lowest BCUT2D eigenvalue weighted by Gasteiger charge is -2.16. The summed E-state index contributed by atoms with van der Waals surface area (Å²) in [5.74, 6) is 0.0456. The highest BCUT2D eigenvalue weighted by Crippen LogP contribution is 2.11. The van der Waals surface area contributed by atoms with Crippen molar-refractivity contribution in [3.05, 3.63) is 0 Å². The van der Waals surface area contributed by atoms with Gasteiger partial charge >= 0.3 is 5.97 Å². The quantitative estimate of drug-likeness (QED) is 0.687. The summed E-state index contributed by atoms with van der Waals surface area (Å²) in [6, 6.07) is 0. The average molecular weight is 243 g/mol. The molecule has 4 heteroatoms. The van der Waals surface area contributed by atoms with Crippen LogP contribution in [-0.4, -0.2) is 23.5 Å². The van der Waals surface area contributed by atoms with Crippen LogP contribution in [0.15, 0.2) is 0 Å². The number of carboxylic acid groups (broad SMARTS) is 1. The first-order chi connectivity index (χ1) is 7.84. The first-order valence-electron chi connectivity index (χ1n) is 6.34. The van der Waals surface area contributed by atoms with Gasteiger partial charge in [0, 0.05) is 18.9 Å². The van der Waals surface area contributed by atoms with Crippen LogP contribution in [0.1, 0.15) is 47.0 Å². The number of rotatable bonds is 8. The molecule has 0 spiro atoms. The molecule has 0 saturated carbocycles. The van der Waals surface area contributed by atoms with Gasteiger partial charge in [-0.3, -0.25) is 9.59 Å². The van der Waals surface area contributed by atoms with E-state index in [1.807, 2.05) is 27.7 Å². The second-order valence-electron chi connectivity index (χ2n) is 5.15. The van der Waals surface area contributed by atoms with Gasteiger partial charge in [-0.15, -0.1) is 0 Å². The Labute approximate surface area is 104 Å². The minimum Gasteiger partial charge on any atom is -0.481 e. The van der Waals surface area contributed by atoms with Crippen LogP contribution in [0.4, 0.5) is 0 Å². The summed E-state index contributed by atoms with van der Waals surface area (Å²) < 4.78 is 0. The van der Waals surface area contributed by atoms with Gasteiger partial charge in [0.05, 0.1) is 0 Å². The summed E-state index contributed by atoms with van der Waals surface area (Å²) in [4.78, 5) is 22.0. The molecule has 0 aromatic rings. The van der Waals surface area contributed by atoms with E-state index in [0.717, 1.165) is 6.42 Å². The molecule has 1 amide bonds. The molecule has 17 heavy (non-hydrogen) atoms. The van der Waals surface area contributed by atoms with Gasteiger partial charge in [-0.1, -0.05) is 27.7 Å². The maximum Gasteiger partial charge on any atom is 0.303 e. The largest absolute Gasteiger partial charge is 0.481 e. The fourth-order valence-electron chi connectivity index (χ4n) is 1.42. The van der Waals surface area contributed by atoms with Gasteiger partial charge < -0.3 is 10.4 Å². The number of aliphatic carboxylic acids is 1. The third-order valence-corrected chi connectivity index (χ3v) is 3.20. The number of carbonyl (C=O) groups is 2. The predicted molar refractivity (Wildman–Crippen MR) is 67.7 cm³/mol. The van der Waals surface area contributed by atoms with E-state index in [1.54, 1.807) is 0 Å². The lowest BCUT2D eigenvalue weighted by molar-refractivity contribution is -0.137. The van der Waals surface area contributed by atoms with E-state index < -0.39 is 5.97 Å². The Morgan fingerprint density at radius 1 is 1.12 bits per heavy atom. The highest BCUT2D eigenvalue weighted by Gasteiger charge is 2.16. The maximum absolute atomic E-state index is 11.6. The summed E-state index contributed by atoms with van der Waals surface area (Å²) in [5, 5.41) is 11.4. The van der Waals surface area contributed by atoms with Gasteiger partial charge in [-0.25, -0.2) is 0 Å². The minimum atomic E-state index is -0.755. The van der Waals surface area contributed by atoms with Crippen LogP contribution in [0, 0.1) is 17.8 Å². The van der Waals surface area contributed by atoms with Crippen LogP contribution in [-0.2, 0) is 9.59 Å². The number of hydrogen-bond acceptors (Lipinski definition) is 2. The predicted octanol–water partition coefficient (Wildman–Crippen LogP) is 2.29. The monoisotopic (exact) mass is 243 g/mol. The molecule has 0 bridgehead atoms. The fraction of sp³-hybridized carbons (Fsp3) is 0.846. The molecule has 0 aromatic carbocycles. The van der Waals surface area contributed by atoms with Crippen molar-refractivity contribution in [3.63, 3.8) is 0 Å². The Balaban J connectivity index is 3.69. The van der Waals surface area contributed by atoms with Crippen LogP contribution in [0.3, 0.4) is 0 Å². The van der Waals surface area contributed by atoms with Crippen LogP contribution in [0.5, 0.6) is 0 Å². The van der Waals surface area contributed by atoms with Crippen molar-refractivity contribution in [2.24, 2.45) is 17.8 Å². The summed E-state index contributed by atoms with van der Waals surface area (Å²) in [5.41, 5.74) is 0. The Bertz CT molecular complexity index is 251. The van der Waals surface area contributed by atoms with Crippen molar-refractivity contribution < 1.29 is 14.7 Å². The van der Waals surface area contributed by atoms with E-state index >= 15 is 0 Å². The number of hydrogen-bond donors (Lipinski definition) is 2. The van der Waals surface area contributed by atoms with Gasteiger partial charge in [0.2, 0.25) is 5.91 Å². The normalized spacial score (nSPS) is 14.4. The number of carbonyl (C=O) groups excluding carboxylic acids is 1. The number of amides is 1. The molecule has 0 aromatic heterocycles. The van der Waals surface area contributed by atoms with E-state index in [1.165, 1.54) is 0 Å². The second-order valence-corrected chi connectivity index (χ2v) is 5.15. The van der Waals surface area contributed by atoms with Crippen molar-refractivity contribution >= 4 is 11.9 Å². The molecule has 0 aliphatic heterocycles. The van der Waals surface area contributed by atoms with Gasteiger partial charge in [0.25, 0.3) is 0 Å². The van der Waals surface area contributed by atoms with E-state index in [2.05, 4.69) is 5.32 Å².